The summed E-state index contributed by atoms with van der Waals surface area (Å²) in [5, 5.41) is 8.97. The molecule has 0 spiro atoms. The van der Waals surface area contributed by atoms with Gasteiger partial charge in [0.1, 0.15) is 0 Å². The Morgan fingerprint density at radius 2 is 2.04 bits per heavy atom. The number of piperidine rings is 1. The van der Waals surface area contributed by atoms with Crippen molar-refractivity contribution >= 4 is 17.3 Å². The second-order valence-electron chi connectivity index (χ2n) is 6.55. The van der Waals surface area contributed by atoms with E-state index in [1.165, 1.54) is 4.90 Å². The number of benzene rings is 1. The first kappa shape index (κ1) is 17.9. The van der Waals surface area contributed by atoms with E-state index in [0.29, 0.717) is 42.3 Å². The fraction of sp³-hybridized carbons (Fsp3) is 0.389. The molecule has 3 heterocycles. The number of amides is 1. The minimum Gasteiger partial charge on any atom is -0.609 e. The normalized spacial score (nSPS) is 19.4. The molecule has 2 aromatic rings. The van der Waals surface area contributed by atoms with Crippen LogP contribution in [-0.2, 0) is 11.2 Å². The van der Waals surface area contributed by atoms with Gasteiger partial charge in [0.25, 0.3) is 5.94 Å². The summed E-state index contributed by atoms with van der Waals surface area (Å²) in [6.45, 7) is 1.55. The van der Waals surface area contributed by atoms with Crippen LogP contribution >= 0.6 is 0 Å². The Hall–Kier alpha value is -2.52. The monoisotopic (exact) mass is 389 g/mol. The van der Waals surface area contributed by atoms with Crippen LogP contribution in [0.5, 0.6) is 11.8 Å². The average Bonchev–Trinajstić information content (AvgIpc) is 3.07. The summed E-state index contributed by atoms with van der Waals surface area (Å²) < 4.78 is 22.8. The second kappa shape index (κ2) is 7.61. The van der Waals surface area contributed by atoms with Crippen LogP contribution in [0.15, 0.2) is 35.5 Å². The van der Waals surface area contributed by atoms with Crippen LogP contribution in [0.1, 0.15) is 12.8 Å². The van der Waals surface area contributed by atoms with E-state index in [-0.39, 0.29) is 5.94 Å². The number of hydrogen-bond donors (Lipinski definition) is 1. The molecular formula is C18H19N3O5S. The minimum atomic E-state index is -1.09. The Morgan fingerprint density at radius 3 is 2.74 bits per heavy atom. The quantitative estimate of drug-likeness (QED) is 0.800. The van der Waals surface area contributed by atoms with Gasteiger partial charge in [-0.15, -0.1) is 0 Å². The number of carbonyl (C=O) groups is 1. The number of fused-ring (bicyclic) bond motifs is 1. The van der Waals surface area contributed by atoms with Gasteiger partial charge < -0.3 is 24.0 Å². The molecule has 1 amide bonds. The van der Waals surface area contributed by atoms with Crippen LogP contribution in [0.4, 0.5) is 4.79 Å². The molecule has 9 heteroatoms. The van der Waals surface area contributed by atoms with Gasteiger partial charge in [-0.25, -0.2) is 14.8 Å². The first-order valence-electron chi connectivity index (χ1n) is 8.68. The number of carboxylic acid groups (broad SMARTS) is 1. The van der Waals surface area contributed by atoms with E-state index < -0.39 is 17.3 Å². The lowest BCUT2D eigenvalue weighted by Gasteiger charge is -2.29. The van der Waals surface area contributed by atoms with Crippen LogP contribution in [0.25, 0.3) is 11.1 Å². The molecule has 1 aromatic heterocycles. The predicted molar refractivity (Wildman–Crippen MR) is 97.2 cm³/mol. The highest BCUT2D eigenvalue weighted by Crippen LogP contribution is 2.35. The first-order chi connectivity index (χ1) is 13.1. The van der Waals surface area contributed by atoms with Crippen molar-refractivity contribution in [1.82, 2.24) is 14.9 Å². The van der Waals surface area contributed by atoms with Gasteiger partial charge >= 0.3 is 12.1 Å². The molecule has 4 rings (SSSR count). The van der Waals surface area contributed by atoms with E-state index in [2.05, 4.69) is 9.97 Å². The van der Waals surface area contributed by atoms with Crippen LogP contribution in [-0.4, -0.2) is 56.3 Å². The third-order valence-corrected chi connectivity index (χ3v) is 5.96. The number of hydrogen-bond acceptors (Lipinski definition) is 6. The van der Waals surface area contributed by atoms with Gasteiger partial charge in [0.05, 0.1) is 6.61 Å². The van der Waals surface area contributed by atoms with Gasteiger partial charge in [-0.05, 0) is 42.5 Å². The number of likely N-dealkylation sites (tertiary alicyclic amines) is 1. The molecule has 1 aromatic carbocycles. The molecule has 1 unspecified atom stereocenters. The molecular weight excluding hydrogens is 370 g/mol. The predicted octanol–water partition coefficient (Wildman–Crippen LogP) is 2.37. The molecule has 0 aliphatic carbocycles. The van der Waals surface area contributed by atoms with E-state index in [1.54, 1.807) is 12.4 Å². The summed E-state index contributed by atoms with van der Waals surface area (Å²) in [7, 11) is 0. The molecule has 0 bridgehead atoms. The summed E-state index contributed by atoms with van der Waals surface area (Å²) >= 11 is -1.09. The minimum absolute atomic E-state index is 0.202. The molecule has 0 saturated carbocycles. The van der Waals surface area contributed by atoms with Crippen LogP contribution < -0.4 is 9.47 Å². The molecule has 1 saturated heterocycles. The number of ether oxygens (including phenoxy) is 2. The Bertz CT molecular complexity index is 824. The maximum atomic E-state index is 11.7. The first-order valence-corrected chi connectivity index (χ1v) is 10.0. The zero-order chi connectivity index (χ0) is 18.8. The number of nitrogens with zero attached hydrogens (tertiary/aromatic N) is 3. The Kier molecular flexibility index (Phi) is 5.04. The summed E-state index contributed by atoms with van der Waals surface area (Å²) in [5.74, 6) is 1.14. The van der Waals surface area contributed by atoms with E-state index in [1.807, 2.05) is 18.2 Å². The van der Waals surface area contributed by atoms with Gasteiger partial charge in [-0.2, -0.15) is 0 Å². The van der Waals surface area contributed by atoms with E-state index in [0.717, 1.165) is 24.0 Å². The van der Waals surface area contributed by atoms with Crippen LogP contribution in [0.2, 0.25) is 0 Å². The Balaban J connectivity index is 1.34. The maximum Gasteiger partial charge on any atom is 0.407 e. The van der Waals surface area contributed by atoms with Crippen molar-refractivity contribution in [1.29, 1.82) is 0 Å². The summed E-state index contributed by atoms with van der Waals surface area (Å²) in [6, 6.07) is 5.83. The van der Waals surface area contributed by atoms with Crippen molar-refractivity contribution in [3.8, 4) is 22.9 Å². The molecule has 142 valence electrons. The van der Waals surface area contributed by atoms with Crippen molar-refractivity contribution < 1.29 is 23.9 Å². The van der Waals surface area contributed by atoms with Crippen molar-refractivity contribution in [2.75, 3.05) is 25.6 Å². The van der Waals surface area contributed by atoms with Crippen molar-refractivity contribution in [3.05, 3.63) is 30.6 Å². The largest absolute Gasteiger partial charge is 0.609 e. The fourth-order valence-electron chi connectivity index (χ4n) is 3.19. The summed E-state index contributed by atoms with van der Waals surface area (Å²) in [5.41, 5.74) is 1.71. The van der Waals surface area contributed by atoms with E-state index in [4.69, 9.17) is 14.6 Å². The number of rotatable bonds is 4. The zero-order valence-electron chi connectivity index (χ0n) is 14.5. The standard InChI is InChI=1S/C18H19N3O5S/c22-18(23)21-5-3-12(4-6-21)10-25-17-19-8-14(9-20-17)13-1-2-16-15(7-13)26-11-27(16)24/h1-2,7-9,12H,3-6,10-11H2,(H,22,23). The lowest BCUT2D eigenvalue weighted by Crippen LogP contribution is -2.38. The van der Waals surface area contributed by atoms with Gasteiger partial charge in [0.2, 0.25) is 0 Å². The van der Waals surface area contributed by atoms with Gasteiger partial charge in [0.15, 0.2) is 10.6 Å². The van der Waals surface area contributed by atoms with Crippen molar-refractivity contribution in [3.63, 3.8) is 0 Å². The fourth-order valence-corrected chi connectivity index (χ4v) is 4.12. The average molecular weight is 389 g/mol. The molecule has 27 heavy (non-hydrogen) atoms. The third kappa shape index (κ3) is 3.93. The van der Waals surface area contributed by atoms with Crippen LogP contribution in [0, 0.1) is 5.92 Å². The van der Waals surface area contributed by atoms with Crippen molar-refractivity contribution in [2.24, 2.45) is 5.92 Å². The number of aromatic nitrogens is 2. The van der Waals surface area contributed by atoms with E-state index >= 15 is 0 Å². The van der Waals surface area contributed by atoms with Gasteiger partial charge in [-0.3, -0.25) is 0 Å². The summed E-state index contributed by atoms with van der Waals surface area (Å²) in [6.07, 6.45) is 4.06. The highest BCUT2D eigenvalue weighted by molar-refractivity contribution is 7.91. The smallest absolute Gasteiger partial charge is 0.407 e. The Labute approximate surface area is 159 Å². The zero-order valence-corrected chi connectivity index (χ0v) is 15.4. The molecule has 8 nitrogen and oxygen atoms in total. The molecule has 0 radical (unpaired) electrons. The third-order valence-electron chi connectivity index (χ3n) is 4.81. The molecule has 1 fully saturated rings. The lowest BCUT2D eigenvalue weighted by atomic mass is 9.98. The van der Waals surface area contributed by atoms with Crippen LogP contribution in [0.3, 0.4) is 0 Å². The van der Waals surface area contributed by atoms with Gasteiger partial charge in [0, 0.05) is 42.2 Å². The van der Waals surface area contributed by atoms with Gasteiger partial charge in [-0.1, -0.05) is 0 Å². The lowest BCUT2D eigenvalue weighted by molar-refractivity contribution is 0.110. The highest BCUT2D eigenvalue weighted by atomic mass is 32.2. The molecule has 2 aliphatic heterocycles. The second-order valence-corrected chi connectivity index (χ2v) is 7.91. The topological polar surface area (TPSA) is 108 Å². The highest BCUT2D eigenvalue weighted by Gasteiger charge is 2.26. The summed E-state index contributed by atoms with van der Waals surface area (Å²) in [4.78, 5) is 21.6. The molecule has 1 atom stereocenters. The SMILES string of the molecule is O=C(O)N1CCC(COc2ncc(-c3ccc4c(c3)OC[S+]4[O-])cn2)CC1. The molecule has 1 N–H and O–H groups in total. The molecule has 2 aliphatic rings. The van der Waals surface area contributed by atoms with Crippen molar-refractivity contribution in [2.45, 2.75) is 17.7 Å². The maximum absolute atomic E-state index is 11.7. The Morgan fingerprint density at radius 1 is 1.30 bits per heavy atom. The van der Waals surface area contributed by atoms with E-state index in [9.17, 15) is 9.35 Å².